The smallest absolute Gasteiger partial charge is 0.0357 e. The van der Waals surface area contributed by atoms with Crippen molar-refractivity contribution in [1.82, 2.24) is 10.2 Å². The molecule has 0 amide bonds. The van der Waals surface area contributed by atoms with Crippen molar-refractivity contribution in [1.29, 1.82) is 0 Å². The lowest BCUT2D eigenvalue weighted by Crippen LogP contribution is -2.60. The van der Waals surface area contributed by atoms with E-state index in [4.69, 9.17) is 0 Å². The zero-order valence-corrected chi connectivity index (χ0v) is 13.3. The van der Waals surface area contributed by atoms with Gasteiger partial charge in [-0.05, 0) is 57.7 Å². The Labute approximate surface area is 115 Å². The van der Waals surface area contributed by atoms with Gasteiger partial charge >= 0.3 is 0 Å². The highest BCUT2D eigenvalue weighted by Gasteiger charge is 2.41. The molecule has 0 radical (unpaired) electrons. The molecule has 2 heteroatoms. The fraction of sp³-hybridized carbons (Fsp3) is 1.00. The molecule has 1 saturated heterocycles. The van der Waals surface area contributed by atoms with Gasteiger partial charge in [-0.15, -0.1) is 0 Å². The first-order valence-corrected chi connectivity index (χ1v) is 8.09. The summed E-state index contributed by atoms with van der Waals surface area (Å²) in [4.78, 5) is 2.78. The molecular formula is C16H34N2. The predicted molar refractivity (Wildman–Crippen MR) is 81.0 cm³/mol. The molecule has 0 aromatic rings. The molecule has 0 bridgehead atoms. The van der Waals surface area contributed by atoms with Crippen LogP contribution in [-0.2, 0) is 0 Å². The zero-order valence-electron chi connectivity index (χ0n) is 13.3. The molecule has 1 rings (SSSR count). The van der Waals surface area contributed by atoms with Gasteiger partial charge in [0.25, 0.3) is 0 Å². The third-order valence-electron chi connectivity index (χ3n) is 4.77. The normalized spacial score (nSPS) is 19.7. The van der Waals surface area contributed by atoms with Crippen LogP contribution in [0.3, 0.4) is 0 Å². The van der Waals surface area contributed by atoms with Gasteiger partial charge in [-0.2, -0.15) is 0 Å². The van der Waals surface area contributed by atoms with Crippen LogP contribution < -0.4 is 5.32 Å². The number of nitrogens with zero attached hydrogens (tertiary/aromatic N) is 1. The zero-order chi connectivity index (χ0) is 13.6. The van der Waals surface area contributed by atoms with E-state index in [2.05, 4.69) is 44.8 Å². The number of rotatable bonds is 8. The molecule has 1 fully saturated rings. The third-order valence-corrected chi connectivity index (χ3v) is 4.77. The van der Waals surface area contributed by atoms with Gasteiger partial charge in [0.05, 0.1) is 0 Å². The minimum absolute atomic E-state index is 0.386. The van der Waals surface area contributed by atoms with Gasteiger partial charge < -0.3 is 5.32 Å². The molecule has 108 valence electrons. The SMILES string of the molecule is CCNC(CC(C)C)C(CC)(CC)N1CCCC1. The summed E-state index contributed by atoms with van der Waals surface area (Å²) in [6, 6.07) is 0.649. The fourth-order valence-corrected chi connectivity index (χ4v) is 3.78. The summed E-state index contributed by atoms with van der Waals surface area (Å²) in [7, 11) is 0. The molecule has 1 aliphatic heterocycles. The highest BCUT2D eigenvalue weighted by Crippen LogP contribution is 2.34. The molecule has 2 nitrogen and oxygen atoms in total. The molecule has 1 atom stereocenters. The van der Waals surface area contributed by atoms with E-state index in [1.807, 2.05) is 0 Å². The largest absolute Gasteiger partial charge is 0.312 e. The fourth-order valence-electron chi connectivity index (χ4n) is 3.78. The van der Waals surface area contributed by atoms with Gasteiger partial charge in [0.1, 0.15) is 0 Å². The molecule has 0 aromatic carbocycles. The molecule has 0 spiro atoms. The van der Waals surface area contributed by atoms with Crippen molar-refractivity contribution in [2.24, 2.45) is 5.92 Å². The standard InChI is InChI=1S/C16H34N2/c1-6-16(7-2,18-11-9-10-12-18)15(17-8-3)13-14(4)5/h14-15,17H,6-13H2,1-5H3. The summed E-state index contributed by atoms with van der Waals surface area (Å²) in [5.74, 6) is 0.772. The quantitative estimate of drug-likeness (QED) is 0.711. The number of hydrogen-bond donors (Lipinski definition) is 1. The Morgan fingerprint density at radius 3 is 2.00 bits per heavy atom. The van der Waals surface area contributed by atoms with E-state index in [1.165, 1.54) is 45.2 Å². The van der Waals surface area contributed by atoms with Crippen molar-refractivity contribution >= 4 is 0 Å². The van der Waals surface area contributed by atoms with E-state index in [1.54, 1.807) is 0 Å². The lowest BCUT2D eigenvalue weighted by molar-refractivity contribution is 0.0543. The van der Waals surface area contributed by atoms with Crippen LogP contribution in [-0.4, -0.2) is 36.1 Å². The van der Waals surface area contributed by atoms with Gasteiger partial charge in [0, 0.05) is 11.6 Å². The van der Waals surface area contributed by atoms with Crippen LogP contribution in [0.4, 0.5) is 0 Å². The van der Waals surface area contributed by atoms with Gasteiger partial charge in [0.15, 0.2) is 0 Å². The second-order valence-electron chi connectivity index (χ2n) is 6.24. The lowest BCUT2D eigenvalue weighted by atomic mass is 9.79. The molecule has 1 N–H and O–H groups in total. The second kappa shape index (κ2) is 7.49. The Hall–Kier alpha value is -0.0800. The summed E-state index contributed by atoms with van der Waals surface area (Å²) in [5, 5.41) is 3.79. The van der Waals surface area contributed by atoms with Crippen LogP contribution in [0.1, 0.15) is 66.7 Å². The molecule has 0 saturated carbocycles. The number of likely N-dealkylation sites (tertiary alicyclic amines) is 1. The molecule has 1 heterocycles. The van der Waals surface area contributed by atoms with Crippen LogP contribution in [0.25, 0.3) is 0 Å². The monoisotopic (exact) mass is 254 g/mol. The van der Waals surface area contributed by atoms with E-state index >= 15 is 0 Å². The Morgan fingerprint density at radius 2 is 1.61 bits per heavy atom. The van der Waals surface area contributed by atoms with Crippen molar-refractivity contribution in [3.63, 3.8) is 0 Å². The first-order valence-electron chi connectivity index (χ1n) is 8.09. The summed E-state index contributed by atoms with van der Waals surface area (Å²) in [6.07, 6.45) is 6.62. The Kier molecular flexibility index (Phi) is 6.65. The van der Waals surface area contributed by atoms with E-state index in [0.29, 0.717) is 11.6 Å². The van der Waals surface area contributed by atoms with Crippen LogP contribution in [0.2, 0.25) is 0 Å². The predicted octanol–water partition coefficient (Wildman–Crippen LogP) is 3.67. The third kappa shape index (κ3) is 3.48. The average Bonchev–Trinajstić information content (AvgIpc) is 2.85. The minimum Gasteiger partial charge on any atom is -0.312 e. The van der Waals surface area contributed by atoms with Crippen LogP contribution in [0.5, 0.6) is 0 Å². The van der Waals surface area contributed by atoms with Crippen LogP contribution in [0, 0.1) is 5.92 Å². The maximum absolute atomic E-state index is 3.79. The van der Waals surface area contributed by atoms with Crippen molar-refractivity contribution in [2.75, 3.05) is 19.6 Å². The van der Waals surface area contributed by atoms with E-state index in [9.17, 15) is 0 Å². The average molecular weight is 254 g/mol. The Bertz CT molecular complexity index is 215. The molecule has 1 aliphatic rings. The number of likely N-dealkylation sites (N-methyl/N-ethyl adjacent to an activating group) is 1. The van der Waals surface area contributed by atoms with E-state index in [-0.39, 0.29) is 0 Å². The summed E-state index contributed by atoms with van der Waals surface area (Å²) in [5.41, 5.74) is 0.386. The highest BCUT2D eigenvalue weighted by atomic mass is 15.2. The number of hydrogen-bond acceptors (Lipinski definition) is 2. The molecule has 18 heavy (non-hydrogen) atoms. The van der Waals surface area contributed by atoms with Gasteiger partial charge in [-0.25, -0.2) is 0 Å². The summed E-state index contributed by atoms with van der Waals surface area (Å²) >= 11 is 0. The van der Waals surface area contributed by atoms with Gasteiger partial charge in [-0.3, -0.25) is 4.90 Å². The second-order valence-corrected chi connectivity index (χ2v) is 6.24. The lowest BCUT2D eigenvalue weighted by Gasteiger charge is -2.48. The topological polar surface area (TPSA) is 15.3 Å². The first-order chi connectivity index (χ1) is 8.60. The van der Waals surface area contributed by atoms with Crippen molar-refractivity contribution in [2.45, 2.75) is 78.3 Å². The van der Waals surface area contributed by atoms with Crippen molar-refractivity contribution in [3.8, 4) is 0 Å². The molecule has 0 aliphatic carbocycles. The van der Waals surface area contributed by atoms with Crippen molar-refractivity contribution in [3.05, 3.63) is 0 Å². The van der Waals surface area contributed by atoms with E-state index < -0.39 is 0 Å². The maximum Gasteiger partial charge on any atom is 0.0357 e. The molecular weight excluding hydrogens is 220 g/mol. The highest BCUT2D eigenvalue weighted by molar-refractivity contribution is 5.00. The molecule has 1 unspecified atom stereocenters. The Balaban J connectivity index is 2.88. The first kappa shape index (κ1) is 16.0. The summed E-state index contributed by atoms with van der Waals surface area (Å²) in [6.45, 7) is 15.4. The van der Waals surface area contributed by atoms with Gasteiger partial charge in [0.2, 0.25) is 0 Å². The van der Waals surface area contributed by atoms with Crippen molar-refractivity contribution < 1.29 is 0 Å². The number of nitrogens with one attached hydrogen (secondary N) is 1. The Morgan fingerprint density at radius 1 is 1.06 bits per heavy atom. The van der Waals surface area contributed by atoms with E-state index in [0.717, 1.165) is 12.5 Å². The maximum atomic E-state index is 3.79. The molecule has 0 aromatic heterocycles. The van der Waals surface area contributed by atoms with Crippen LogP contribution in [0.15, 0.2) is 0 Å². The van der Waals surface area contributed by atoms with Gasteiger partial charge in [-0.1, -0.05) is 34.6 Å². The van der Waals surface area contributed by atoms with Crippen LogP contribution >= 0.6 is 0 Å². The summed E-state index contributed by atoms with van der Waals surface area (Å²) < 4.78 is 0. The minimum atomic E-state index is 0.386.